The number of nitrogens with zero attached hydrogens (tertiary/aromatic N) is 1. The number of hydrogen-bond donors (Lipinski definition) is 1. The molecule has 0 saturated heterocycles. The van der Waals surface area contributed by atoms with Gasteiger partial charge in [0.25, 0.3) is 5.91 Å². The van der Waals surface area contributed by atoms with Crippen LogP contribution in [0.3, 0.4) is 0 Å². The third-order valence-electron chi connectivity index (χ3n) is 2.25. The maximum Gasteiger partial charge on any atom is 0.257 e. The van der Waals surface area contributed by atoms with E-state index >= 15 is 0 Å². The predicted molar refractivity (Wildman–Crippen MR) is 64.7 cm³/mol. The normalized spacial score (nSPS) is 9.47. The van der Waals surface area contributed by atoms with Gasteiger partial charge in [-0.25, -0.2) is 0 Å². The highest BCUT2D eigenvalue weighted by atomic mass is 16.5. The van der Waals surface area contributed by atoms with Gasteiger partial charge in [-0.3, -0.25) is 4.79 Å². The van der Waals surface area contributed by atoms with Crippen LogP contribution in [0, 0.1) is 25.2 Å². The number of nitrogens with one attached hydrogen (secondary N) is 1. The van der Waals surface area contributed by atoms with Gasteiger partial charge in [-0.2, -0.15) is 5.26 Å². The summed E-state index contributed by atoms with van der Waals surface area (Å²) in [6, 6.07) is 7.75. The molecule has 1 amide bonds. The zero-order chi connectivity index (χ0) is 12.7. The van der Waals surface area contributed by atoms with Gasteiger partial charge in [0, 0.05) is 6.54 Å². The number of carbonyl (C=O) groups is 1. The third-order valence-corrected chi connectivity index (χ3v) is 2.25. The predicted octanol–water partition coefficient (Wildman–Crippen LogP) is 1.71. The van der Waals surface area contributed by atoms with E-state index in [0.29, 0.717) is 18.7 Å². The summed E-state index contributed by atoms with van der Waals surface area (Å²) in [6.07, 6.45) is 0.315. The standard InChI is InChI=1S/C13H16N2O2/c1-10-4-5-12(11(2)8-10)17-9-13(16)15-7-3-6-14/h4-5,8H,3,7,9H2,1-2H3,(H,15,16). The first kappa shape index (κ1) is 13.0. The van der Waals surface area contributed by atoms with Crippen molar-refractivity contribution in [3.8, 4) is 11.8 Å². The number of amides is 1. The first-order valence-corrected chi connectivity index (χ1v) is 5.47. The molecule has 0 atom stereocenters. The van der Waals surface area contributed by atoms with E-state index in [2.05, 4.69) is 5.32 Å². The molecule has 0 aliphatic heterocycles. The molecule has 1 aromatic carbocycles. The van der Waals surface area contributed by atoms with Gasteiger partial charge in [0.1, 0.15) is 5.75 Å². The monoisotopic (exact) mass is 232 g/mol. The first-order valence-electron chi connectivity index (χ1n) is 5.47. The summed E-state index contributed by atoms with van der Waals surface area (Å²) in [5.74, 6) is 0.506. The number of benzene rings is 1. The number of nitriles is 1. The Morgan fingerprint density at radius 2 is 2.24 bits per heavy atom. The SMILES string of the molecule is Cc1ccc(OCC(=O)NCCC#N)c(C)c1. The number of hydrogen-bond acceptors (Lipinski definition) is 3. The Labute approximate surface area is 101 Å². The molecule has 0 aliphatic carbocycles. The van der Waals surface area contributed by atoms with Crippen LogP contribution in [0.4, 0.5) is 0 Å². The number of rotatable bonds is 5. The zero-order valence-corrected chi connectivity index (χ0v) is 10.1. The minimum Gasteiger partial charge on any atom is -0.484 e. The summed E-state index contributed by atoms with van der Waals surface area (Å²) < 4.78 is 5.39. The van der Waals surface area contributed by atoms with Crippen LogP contribution < -0.4 is 10.1 Å². The highest BCUT2D eigenvalue weighted by Crippen LogP contribution is 2.18. The molecule has 1 aromatic rings. The Bertz CT molecular complexity index is 436. The molecule has 1 N–H and O–H groups in total. The van der Waals surface area contributed by atoms with E-state index in [4.69, 9.17) is 10.00 Å². The second-order valence-electron chi connectivity index (χ2n) is 3.82. The summed E-state index contributed by atoms with van der Waals surface area (Å²) in [7, 11) is 0. The van der Waals surface area contributed by atoms with Crippen molar-refractivity contribution in [2.75, 3.05) is 13.2 Å². The Balaban J connectivity index is 2.40. The Hall–Kier alpha value is -2.02. The lowest BCUT2D eigenvalue weighted by Crippen LogP contribution is -2.29. The van der Waals surface area contributed by atoms with Gasteiger partial charge in [0.05, 0.1) is 12.5 Å². The topological polar surface area (TPSA) is 62.1 Å². The molecule has 0 spiro atoms. The molecule has 0 aromatic heterocycles. The zero-order valence-electron chi connectivity index (χ0n) is 10.1. The third kappa shape index (κ3) is 4.56. The molecule has 0 bridgehead atoms. The van der Waals surface area contributed by atoms with E-state index in [1.807, 2.05) is 38.1 Å². The van der Waals surface area contributed by atoms with Crippen LogP contribution >= 0.6 is 0 Å². The van der Waals surface area contributed by atoms with Crippen LogP contribution in [0.1, 0.15) is 17.5 Å². The average molecular weight is 232 g/mol. The quantitative estimate of drug-likeness (QED) is 0.786. The lowest BCUT2D eigenvalue weighted by atomic mass is 10.1. The van der Waals surface area contributed by atoms with Gasteiger partial charge in [0.2, 0.25) is 0 Å². The van der Waals surface area contributed by atoms with Crippen molar-refractivity contribution in [3.63, 3.8) is 0 Å². The van der Waals surface area contributed by atoms with Crippen molar-refractivity contribution >= 4 is 5.91 Å². The smallest absolute Gasteiger partial charge is 0.257 e. The largest absolute Gasteiger partial charge is 0.484 e. The molecule has 17 heavy (non-hydrogen) atoms. The molecule has 1 rings (SSSR count). The number of aryl methyl sites for hydroxylation is 2. The maximum atomic E-state index is 11.3. The molecule has 0 fully saturated rings. The summed E-state index contributed by atoms with van der Waals surface area (Å²) in [5, 5.41) is 10.9. The van der Waals surface area contributed by atoms with Crippen LogP contribution in [0.5, 0.6) is 5.75 Å². The Morgan fingerprint density at radius 3 is 2.88 bits per heavy atom. The first-order chi connectivity index (χ1) is 8.13. The molecule has 4 nitrogen and oxygen atoms in total. The van der Waals surface area contributed by atoms with Crippen LogP contribution in [-0.2, 0) is 4.79 Å². The Morgan fingerprint density at radius 1 is 1.47 bits per heavy atom. The van der Waals surface area contributed by atoms with Gasteiger partial charge in [-0.05, 0) is 25.5 Å². The van der Waals surface area contributed by atoms with Crippen molar-refractivity contribution in [1.29, 1.82) is 5.26 Å². The lowest BCUT2D eigenvalue weighted by molar-refractivity contribution is -0.123. The van der Waals surface area contributed by atoms with Gasteiger partial charge in [-0.15, -0.1) is 0 Å². The minimum atomic E-state index is -0.208. The van der Waals surface area contributed by atoms with Crippen molar-refractivity contribution in [2.45, 2.75) is 20.3 Å². The molecular formula is C13H16N2O2. The van der Waals surface area contributed by atoms with Gasteiger partial charge in [-0.1, -0.05) is 17.7 Å². The summed E-state index contributed by atoms with van der Waals surface area (Å²) >= 11 is 0. The van der Waals surface area contributed by atoms with Gasteiger partial charge in [0.15, 0.2) is 6.61 Å². The van der Waals surface area contributed by atoms with Crippen LogP contribution in [0.15, 0.2) is 18.2 Å². The lowest BCUT2D eigenvalue weighted by Gasteiger charge is -2.09. The second-order valence-corrected chi connectivity index (χ2v) is 3.82. The molecule has 4 heteroatoms. The fourth-order valence-corrected chi connectivity index (χ4v) is 1.41. The maximum absolute atomic E-state index is 11.3. The molecule has 0 aliphatic rings. The van der Waals surface area contributed by atoms with E-state index < -0.39 is 0 Å². The average Bonchev–Trinajstić information content (AvgIpc) is 2.28. The summed E-state index contributed by atoms with van der Waals surface area (Å²) in [5.41, 5.74) is 2.17. The van der Waals surface area contributed by atoms with Crippen molar-refractivity contribution < 1.29 is 9.53 Å². The molecule has 0 saturated carbocycles. The highest BCUT2D eigenvalue weighted by Gasteiger charge is 2.04. The molecule has 90 valence electrons. The summed E-state index contributed by atoms with van der Waals surface area (Å²) in [4.78, 5) is 11.3. The molecule has 0 heterocycles. The number of ether oxygens (including phenoxy) is 1. The van der Waals surface area contributed by atoms with E-state index in [9.17, 15) is 4.79 Å². The van der Waals surface area contributed by atoms with E-state index in [0.717, 1.165) is 11.1 Å². The van der Waals surface area contributed by atoms with E-state index in [-0.39, 0.29) is 12.5 Å². The van der Waals surface area contributed by atoms with E-state index in [1.165, 1.54) is 0 Å². The fourth-order valence-electron chi connectivity index (χ4n) is 1.41. The summed E-state index contributed by atoms with van der Waals surface area (Å²) in [6.45, 7) is 4.29. The number of carbonyl (C=O) groups excluding carboxylic acids is 1. The molecular weight excluding hydrogens is 216 g/mol. The fraction of sp³-hybridized carbons (Fsp3) is 0.385. The van der Waals surface area contributed by atoms with Crippen LogP contribution in [-0.4, -0.2) is 19.1 Å². The van der Waals surface area contributed by atoms with Crippen molar-refractivity contribution in [1.82, 2.24) is 5.32 Å². The Kier molecular flexibility index (Phi) is 5.02. The molecule has 0 radical (unpaired) electrons. The van der Waals surface area contributed by atoms with E-state index in [1.54, 1.807) is 0 Å². The van der Waals surface area contributed by atoms with Gasteiger partial charge >= 0.3 is 0 Å². The van der Waals surface area contributed by atoms with Crippen LogP contribution in [0.2, 0.25) is 0 Å². The van der Waals surface area contributed by atoms with Crippen LogP contribution in [0.25, 0.3) is 0 Å². The highest BCUT2D eigenvalue weighted by molar-refractivity contribution is 5.77. The van der Waals surface area contributed by atoms with Gasteiger partial charge < -0.3 is 10.1 Å². The van der Waals surface area contributed by atoms with Crippen molar-refractivity contribution in [3.05, 3.63) is 29.3 Å². The molecule has 0 unspecified atom stereocenters. The second kappa shape index (κ2) is 6.54. The minimum absolute atomic E-state index is 0.0185. The van der Waals surface area contributed by atoms with Crippen molar-refractivity contribution in [2.24, 2.45) is 0 Å².